The average molecular weight is 204 g/mol. The number of hydrogen-bond acceptors (Lipinski definition) is 4. The lowest BCUT2D eigenvalue weighted by atomic mass is 9.94. The largest absolute Gasteiger partial charge is 0.550 e. The fourth-order valence-electron chi connectivity index (χ4n) is 1.27. The molecule has 0 rings (SSSR count). The van der Waals surface area contributed by atoms with Crippen molar-refractivity contribution in [1.29, 1.82) is 0 Å². The predicted molar refractivity (Wildman–Crippen MR) is 48.2 cm³/mol. The molecule has 0 unspecified atom stereocenters. The van der Waals surface area contributed by atoms with Crippen molar-refractivity contribution < 1.29 is 25.7 Å². The quantitative estimate of drug-likeness (QED) is 0.533. The van der Waals surface area contributed by atoms with Gasteiger partial charge >= 0.3 is 0 Å². The van der Waals surface area contributed by atoms with Gasteiger partial charge in [0.05, 0.1) is 21.1 Å². The minimum Gasteiger partial charge on any atom is -0.550 e. The number of likely N-dealkylation sites (N-methyl/N-ethyl adjacent to an activating group) is 1. The number of carbonyl (C=O) groups is 2. The number of rotatable bonds is 5. The number of quaternary nitrogens is 1. The van der Waals surface area contributed by atoms with E-state index in [1.165, 1.54) is 0 Å². The molecule has 0 aliphatic carbocycles. The van der Waals surface area contributed by atoms with Gasteiger partial charge in [-0.1, -0.05) is 0 Å². The third-order valence-corrected chi connectivity index (χ3v) is 1.69. The molecule has 0 aliphatic heterocycles. The molecule has 0 aliphatic rings. The van der Waals surface area contributed by atoms with Crippen LogP contribution in [-0.2, 0) is 9.59 Å². The first-order chi connectivity index (χ1) is 6.60. The second kappa shape index (κ2) is 4.06. The maximum Gasteiger partial charge on any atom is 0.176 e. The van der Waals surface area contributed by atoms with Gasteiger partial charge in [0.15, 0.2) is 11.4 Å². The molecule has 5 nitrogen and oxygen atoms in total. The van der Waals surface area contributed by atoms with E-state index < -0.39 is 30.7 Å². The fourth-order valence-corrected chi connectivity index (χ4v) is 1.27. The Morgan fingerprint density at radius 2 is 2.00 bits per heavy atom. The van der Waals surface area contributed by atoms with Crippen LogP contribution in [0.15, 0.2) is 0 Å². The van der Waals surface area contributed by atoms with E-state index in [9.17, 15) is 19.8 Å². The van der Waals surface area contributed by atoms with Crippen LogP contribution in [0.4, 0.5) is 0 Å². The molecule has 0 aromatic carbocycles. The Morgan fingerprint density at radius 3 is 2.29 bits per heavy atom. The normalized spacial score (nSPS) is 17.0. The molecule has 1 atom stereocenters. The van der Waals surface area contributed by atoms with Crippen LogP contribution in [0.2, 0.25) is 0 Å². The second-order valence-electron chi connectivity index (χ2n) is 4.45. The maximum atomic E-state index is 11.3. The highest BCUT2D eigenvalue weighted by atomic mass is 16.4. The molecule has 0 spiro atoms. The second-order valence-corrected chi connectivity index (χ2v) is 4.45. The van der Waals surface area contributed by atoms with Crippen LogP contribution in [0, 0.1) is 0 Å². The number of nitrogens with zero attached hydrogens (tertiary/aromatic N) is 1. The van der Waals surface area contributed by atoms with E-state index in [-0.39, 0.29) is 11.0 Å². The number of Topliss-reactive ketones (excluding diaryl/α,β-unsaturated/α-hetero) is 1. The molecule has 0 amide bonds. The zero-order valence-electron chi connectivity index (χ0n) is 9.74. The van der Waals surface area contributed by atoms with Crippen LogP contribution in [0.1, 0.15) is 14.7 Å². The number of carbonyl (C=O) groups excluding carboxylic acids is 2. The molecule has 0 saturated heterocycles. The number of ketones is 1. The van der Waals surface area contributed by atoms with E-state index >= 15 is 0 Å². The Labute approximate surface area is 84.9 Å². The Bertz CT molecular complexity index is 261. The van der Waals surface area contributed by atoms with E-state index in [0.29, 0.717) is 0 Å². The zero-order chi connectivity index (χ0) is 12.3. The lowest BCUT2D eigenvalue weighted by Crippen LogP contribution is -2.55. The van der Waals surface area contributed by atoms with Gasteiger partial charge in [0.25, 0.3) is 0 Å². The van der Waals surface area contributed by atoms with Crippen molar-refractivity contribution in [2.45, 2.75) is 18.9 Å². The van der Waals surface area contributed by atoms with Crippen LogP contribution < -0.4 is 5.11 Å². The Hall–Kier alpha value is -0.940. The van der Waals surface area contributed by atoms with Gasteiger partial charge in [-0.15, -0.1) is 0 Å². The molecular weight excluding hydrogens is 186 g/mol. The summed E-state index contributed by atoms with van der Waals surface area (Å²) < 4.78 is 7.12. The molecule has 0 saturated carbocycles. The standard InChI is InChI=1S/C9H17NO4/c1-7(11)9(14,5-8(12)13)6-10(2,3)4/h14H,5-6H2,1-4H3/t9-/m1/s1/i1D. The summed E-state index contributed by atoms with van der Waals surface area (Å²) in [4.78, 5) is 21.7. The number of carboxylic acids is 1. The van der Waals surface area contributed by atoms with E-state index in [4.69, 9.17) is 1.37 Å². The molecule has 0 heterocycles. The number of carboxylic acid groups (broad SMARTS) is 1. The summed E-state index contributed by atoms with van der Waals surface area (Å²) in [6.07, 6.45) is -0.764. The van der Waals surface area contributed by atoms with Gasteiger partial charge in [-0.2, -0.15) is 0 Å². The van der Waals surface area contributed by atoms with Crippen molar-refractivity contribution in [2.24, 2.45) is 0 Å². The topological polar surface area (TPSA) is 77.4 Å². The molecule has 0 bridgehead atoms. The molecule has 14 heavy (non-hydrogen) atoms. The molecular formula is C9H17NO4. The van der Waals surface area contributed by atoms with Crippen molar-refractivity contribution in [2.75, 3.05) is 27.7 Å². The Balaban J connectivity index is 4.86. The lowest BCUT2D eigenvalue weighted by molar-refractivity contribution is -0.875. The third-order valence-electron chi connectivity index (χ3n) is 1.69. The summed E-state index contributed by atoms with van der Waals surface area (Å²) in [6, 6.07) is 0. The average Bonchev–Trinajstić information content (AvgIpc) is 1.97. The smallest absolute Gasteiger partial charge is 0.176 e. The summed E-state index contributed by atoms with van der Waals surface area (Å²) in [6.45, 7) is -0.692. The van der Waals surface area contributed by atoms with Gasteiger partial charge in [0, 0.05) is 13.8 Å². The van der Waals surface area contributed by atoms with E-state index in [1.54, 1.807) is 21.1 Å². The SMILES string of the molecule is [2H]CC(=O)[C@@](O)(CC(=O)[O-])C[N+](C)(C)C. The first-order valence-corrected chi connectivity index (χ1v) is 4.16. The molecule has 82 valence electrons. The van der Waals surface area contributed by atoms with Crippen molar-refractivity contribution in [3.8, 4) is 0 Å². The van der Waals surface area contributed by atoms with Gasteiger partial charge < -0.3 is 19.5 Å². The van der Waals surface area contributed by atoms with E-state index in [1.807, 2.05) is 0 Å². The van der Waals surface area contributed by atoms with Gasteiger partial charge in [-0.3, -0.25) is 4.79 Å². The number of hydrogen-bond donors (Lipinski definition) is 1. The number of aliphatic hydroxyl groups is 1. The molecule has 0 aromatic rings. The first-order valence-electron chi connectivity index (χ1n) is 4.87. The van der Waals surface area contributed by atoms with Crippen molar-refractivity contribution in [3.63, 3.8) is 0 Å². The van der Waals surface area contributed by atoms with Crippen molar-refractivity contribution in [1.82, 2.24) is 0 Å². The summed E-state index contributed by atoms with van der Waals surface area (Å²) in [5.74, 6) is -2.28. The predicted octanol–water partition coefficient (Wildman–Crippen LogP) is -1.85. The van der Waals surface area contributed by atoms with Gasteiger partial charge in [0.1, 0.15) is 6.54 Å². The summed E-state index contributed by atoms with van der Waals surface area (Å²) in [5, 5.41) is 20.3. The van der Waals surface area contributed by atoms with Crippen LogP contribution in [0.25, 0.3) is 0 Å². The minimum absolute atomic E-state index is 0.0569. The third kappa shape index (κ3) is 4.34. The number of aliphatic carboxylic acids is 1. The Kier molecular flexibility index (Phi) is 3.23. The fraction of sp³-hybridized carbons (Fsp3) is 0.778. The summed E-state index contributed by atoms with van der Waals surface area (Å²) >= 11 is 0. The van der Waals surface area contributed by atoms with Gasteiger partial charge in [-0.25, -0.2) is 0 Å². The van der Waals surface area contributed by atoms with Crippen LogP contribution in [0.5, 0.6) is 0 Å². The molecule has 0 fully saturated rings. The summed E-state index contributed by atoms with van der Waals surface area (Å²) in [7, 11) is 5.16. The van der Waals surface area contributed by atoms with Crippen molar-refractivity contribution in [3.05, 3.63) is 0 Å². The Morgan fingerprint density at radius 1 is 1.50 bits per heavy atom. The van der Waals surface area contributed by atoms with Gasteiger partial charge in [0.2, 0.25) is 0 Å². The molecule has 0 aromatic heterocycles. The molecule has 5 heteroatoms. The lowest BCUT2D eigenvalue weighted by Gasteiger charge is -2.34. The zero-order valence-corrected chi connectivity index (χ0v) is 8.74. The van der Waals surface area contributed by atoms with Gasteiger partial charge in [-0.05, 0) is 6.90 Å². The van der Waals surface area contributed by atoms with E-state index in [2.05, 4.69) is 0 Å². The highest BCUT2D eigenvalue weighted by Gasteiger charge is 2.38. The molecule has 1 N–H and O–H groups in total. The molecule has 0 radical (unpaired) electrons. The first kappa shape index (κ1) is 11.1. The van der Waals surface area contributed by atoms with Crippen molar-refractivity contribution >= 4 is 11.8 Å². The van der Waals surface area contributed by atoms with Crippen LogP contribution in [0.3, 0.4) is 0 Å². The van der Waals surface area contributed by atoms with Crippen LogP contribution >= 0.6 is 0 Å². The van der Waals surface area contributed by atoms with Crippen LogP contribution in [-0.4, -0.2) is 54.6 Å². The monoisotopic (exact) mass is 204 g/mol. The minimum atomic E-state index is -2.00. The maximum absolute atomic E-state index is 11.3. The highest BCUT2D eigenvalue weighted by Crippen LogP contribution is 2.15. The van der Waals surface area contributed by atoms with E-state index in [0.717, 1.165) is 0 Å². The summed E-state index contributed by atoms with van der Waals surface area (Å²) in [5.41, 5.74) is -2.00. The highest BCUT2D eigenvalue weighted by molar-refractivity contribution is 5.88.